The highest BCUT2D eigenvalue weighted by Gasteiger charge is 2.18. The van der Waals surface area contributed by atoms with Gasteiger partial charge in [-0.25, -0.2) is 0 Å². The molecule has 0 spiro atoms. The van der Waals surface area contributed by atoms with E-state index in [1.807, 2.05) is 12.1 Å². The number of rotatable bonds is 2. The maximum absolute atomic E-state index is 12.4. The number of carbonyl (C=O) groups excluding carboxylic acids is 1. The average molecular weight is 351 g/mol. The van der Waals surface area contributed by atoms with E-state index in [-0.39, 0.29) is 11.5 Å². The van der Waals surface area contributed by atoms with Crippen molar-refractivity contribution < 1.29 is 9.21 Å². The van der Waals surface area contributed by atoms with Gasteiger partial charge in [-0.1, -0.05) is 39.7 Å². The number of hydrogen-bond donors (Lipinski definition) is 1. The van der Waals surface area contributed by atoms with E-state index in [1.165, 1.54) is 0 Å². The number of furan rings is 1. The first-order chi connectivity index (χ1) is 9.56. The van der Waals surface area contributed by atoms with Crippen LogP contribution in [0.2, 0.25) is 5.02 Å². The molecule has 0 aliphatic rings. The summed E-state index contributed by atoms with van der Waals surface area (Å²) < 4.78 is 6.37. The minimum atomic E-state index is -0.262. The fraction of sp³-hybridized carbons (Fsp3) is 0. The fourth-order valence-electron chi connectivity index (χ4n) is 2.01. The van der Waals surface area contributed by atoms with Crippen LogP contribution in [0.3, 0.4) is 0 Å². The van der Waals surface area contributed by atoms with E-state index in [2.05, 4.69) is 15.9 Å². The van der Waals surface area contributed by atoms with Gasteiger partial charge >= 0.3 is 0 Å². The Bertz CT molecular complexity index is 826. The van der Waals surface area contributed by atoms with E-state index in [1.54, 1.807) is 30.3 Å². The van der Waals surface area contributed by atoms with Gasteiger partial charge in [0.1, 0.15) is 0 Å². The molecule has 20 heavy (non-hydrogen) atoms. The average Bonchev–Trinajstić information content (AvgIpc) is 2.83. The highest BCUT2D eigenvalue weighted by atomic mass is 79.9. The predicted octanol–water partition coefficient (Wildman–Crippen LogP) is 4.66. The molecule has 2 N–H and O–H groups in total. The van der Waals surface area contributed by atoms with Gasteiger partial charge in [0.15, 0.2) is 11.3 Å². The molecule has 0 saturated carbocycles. The standard InChI is InChI=1S/C15H9BrClNO2/c16-9-4-5-10(12(18)7-9)14(19)13-6-8-2-1-3-11(17)15(8)20-13/h1-7H,18H2. The largest absolute Gasteiger partial charge is 0.451 e. The zero-order valence-corrected chi connectivity index (χ0v) is 12.5. The second-order valence-electron chi connectivity index (χ2n) is 4.33. The SMILES string of the molecule is Nc1cc(Br)ccc1C(=O)c1cc2cccc(Cl)c2o1. The Balaban J connectivity index is 2.10. The lowest BCUT2D eigenvalue weighted by Gasteiger charge is -2.02. The zero-order valence-electron chi connectivity index (χ0n) is 10.2. The van der Waals surface area contributed by atoms with Crippen molar-refractivity contribution in [1.29, 1.82) is 0 Å². The number of halogens is 2. The molecular weight excluding hydrogens is 342 g/mol. The summed E-state index contributed by atoms with van der Waals surface area (Å²) in [5, 5.41) is 1.27. The molecule has 1 aromatic heterocycles. The van der Waals surface area contributed by atoms with Crippen LogP contribution in [0.15, 0.2) is 51.4 Å². The zero-order chi connectivity index (χ0) is 14.3. The minimum absolute atomic E-state index is 0.224. The molecule has 100 valence electrons. The third kappa shape index (κ3) is 2.21. The van der Waals surface area contributed by atoms with E-state index in [0.717, 1.165) is 9.86 Å². The van der Waals surface area contributed by atoms with E-state index in [0.29, 0.717) is 21.9 Å². The van der Waals surface area contributed by atoms with Crippen molar-refractivity contribution in [2.75, 3.05) is 5.73 Å². The van der Waals surface area contributed by atoms with Crippen LogP contribution < -0.4 is 5.73 Å². The van der Waals surface area contributed by atoms with Crippen LogP contribution in [0.4, 0.5) is 5.69 Å². The molecule has 0 aliphatic heterocycles. The molecule has 0 bridgehead atoms. The number of nitrogens with two attached hydrogens (primary N) is 1. The molecule has 3 nitrogen and oxygen atoms in total. The van der Waals surface area contributed by atoms with Gasteiger partial charge in [-0.2, -0.15) is 0 Å². The van der Waals surface area contributed by atoms with Crippen LogP contribution in [0, 0.1) is 0 Å². The maximum Gasteiger partial charge on any atom is 0.230 e. The number of para-hydroxylation sites is 1. The molecule has 3 aromatic rings. The summed E-state index contributed by atoms with van der Waals surface area (Å²) in [7, 11) is 0. The summed E-state index contributed by atoms with van der Waals surface area (Å²) in [6.07, 6.45) is 0. The van der Waals surface area contributed by atoms with Crippen molar-refractivity contribution in [3.05, 3.63) is 63.3 Å². The van der Waals surface area contributed by atoms with Gasteiger partial charge in [-0.15, -0.1) is 0 Å². The Labute approximate surface area is 128 Å². The maximum atomic E-state index is 12.4. The van der Waals surface area contributed by atoms with Crippen LogP contribution in [0.25, 0.3) is 11.0 Å². The van der Waals surface area contributed by atoms with Crippen LogP contribution in [-0.4, -0.2) is 5.78 Å². The van der Waals surface area contributed by atoms with E-state index < -0.39 is 0 Å². The lowest BCUT2D eigenvalue weighted by atomic mass is 10.1. The monoisotopic (exact) mass is 349 g/mol. The molecule has 3 rings (SSSR count). The number of fused-ring (bicyclic) bond motifs is 1. The second kappa shape index (κ2) is 4.96. The van der Waals surface area contributed by atoms with Crippen molar-refractivity contribution in [3.8, 4) is 0 Å². The lowest BCUT2D eigenvalue weighted by Crippen LogP contribution is -2.04. The molecule has 0 fully saturated rings. The minimum Gasteiger partial charge on any atom is -0.451 e. The molecule has 0 saturated heterocycles. The Hall–Kier alpha value is -1.78. The number of nitrogen functional groups attached to an aromatic ring is 1. The topological polar surface area (TPSA) is 56.2 Å². The molecular formula is C15H9BrClNO2. The summed E-state index contributed by atoms with van der Waals surface area (Å²) in [5.41, 5.74) is 7.18. The Morgan fingerprint density at radius 2 is 2.00 bits per heavy atom. The quantitative estimate of drug-likeness (QED) is 0.540. The van der Waals surface area contributed by atoms with Gasteiger partial charge in [0.05, 0.1) is 5.02 Å². The Kier molecular flexibility index (Phi) is 3.28. The van der Waals surface area contributed by atoms with Crippen LogP contribution in [-0.2, 0) is 0 Å². The van der Waals surface area contributed by atoms with Crippen LogP contribution >= 0.6 is 27.5 Å². The van der Waals surface area contributed by atoms with Gasteiger partial charge < -0.3 is 10.2 Å². The molecule has 0 radical (unpaired) electrons. The molecule has 0 atom stereocenters. The van der Waals surface area contributed by atoms with Crippen molar-refractivity contribution in [1.82, 2.24) is 0 Å². The van der Waals surface area contributed by atoms with Gasteiger partial charge in [0.2, 0.25) is 5.78 Å². The molecule has 5 heteroatoms. The highest BCUT2D eigenvalue weighted by molar-refractivity contribution is 9.10. The lowest BCUT2D eigenvalue weighted by molar-refractivity contribution is 0.101. The van der Waals surface area contributed by atoms with Gasteiger partial charge in [0, 0.05) is 21.1 Å². The smallest absolute Gasteiger partial charge is 0.230 e. The van der Waals surface area contributed by atoms with Crippen molar-refractivity contribution in [3.63, 3.8) is 0 Å². The summed E-state index contributed by atoms with van der Waals surface area (Å²) in [6.45, 7) is 0. The number of anilines is 1. The van der Waals surface area contributed by atoms with Crippen molar-refractivity contribution >= 4 is 50.0 Å². The Morgan fingerprint density at radius 3 is 2.70 bits per heavy atom. The highest BCUT2D eigenvalue weighted by Crippen LogP contribution is 2.29. The molecule has 0 unspecified atom stereocenters. The second-order valence-corrected chi connectivity index (χ2v) is 5.65. The summed E-state index contributed by atoms with van der Waals surface area (Å²) >= 11 is 9.34. The normalized spacial score (nSPS) is 10.9. The fourth-order valence-corrected chi connectivity index (χ4v) is 2.61. The van der Waals surface area contributed by atoms with Gasteiger partial charge in [-0.05, 0) is 30.3 Å². The van der Waals surface area contributed by atoms with Crippen molar-refractivity contribution in [2.45, 2.75) is 0 Å². The number of hydrogen-bond acceptors (Lipinski definition) is 3. The van der Waals surface area contributed by atoms with E-state index in [9.17, 15) is 4.79 Å². The molecule has 2 aromatic carbocycles. The number of ketones is 1. The summed E-state index contributed by atoms with van der Waals surface area (Å²) in [5.74, 6) is -0.0376. The summed E-state index contributed by atoms with van der Waals surface area (Å²) in [6, 6.07) is 12.1. The van der Waals surface area contributed by atoms with E-state index in [4.69, 9.17) is 21.8 Å². The number of benzene rings is 2. The van der Waals surface area contributed by atoms with Crippen molar-refractivity contribution in [2.24, 2.45) is 0 Å². The third-order valence-corrected chi connectivity index (χ3v) is 3.77. The van der Waals surface area contributed by atoms with E-state index >= 15 is 0 Å². The molecule has 1 heterocycles. The number of carbonyl (C=O) groups is 1. The first-order valence-corrected chi connectivity index (χ1v) is 7.01. The van der Waals surface area contributed by atoms with Gasteiger partial charge in [-0.3, -0.25) is 4.79 Å². The third-order valence-electron chi connectivity index (χ3n) is 2.98. The summed E-state index contributed by atoms with van der Waals surface area (Å²) in [4.78, 5) is 12.4. The first-order valence-electron chi connectivity index (χ1n) is 5.84. The van der Waals surface area contributed by atoms with Gasteiger partial charge in [0.25, 0.3) is 0 Å². The van der Waals surface area contributed by atoms with Crippen LogP contribution in [0.5, 0.6) is 0 Å². The predicted molar refractivity (Wildman–Crippen MR) is 83.2 cm³/mol. The first kappa shape index (κ1) is 13.2. The Morgan fingerprint density at radius 1 is 1.20 bits per heavy atom. The molecule has 0 amide bonds. The van der Waals surface area contributed by atoms with Crippen LogP contribution in [0.1, 0.15) is 16.1 Å². The molecule has 0 aliphatic carbocycles.